The van der Waals surface area contributed by atoms with Crippen molar-refractivity contribution in [2.45, 2.75) is 64.5 Å². The number of amides is 1. The molecule has 1 fully saturated rings. The van der Waals surface area contributed by atoms with Gasteiger partial charge in [-0.1, -0.05) is 33.1 Å². The first-order valence-electron chi connectivity index (χ1n) is 6.21. The molecule has 0 aromatic carbocycles. The first kappa shape index (κ1) is 12.5. The minimum Gasteiger partial charge on any atom is -0.352 e. The third-order valence-electron chi connectivity index (χ3n) is 3.32. The average molecular weight is 212 g/mol. The van der Waals surface area contributed by atoms with Crippen molar-refractivity contribution in [3.05, 3.63) is 0 Å². The number of hydrogen-bond acceptors (Lipinski definition) is 2. The van der Waals surface area contributed by atoms with E-state index in [0.29, 0.717) is 0 Å². The summed E-state index contributed by atoms with van der Waals surface area (Å²) in [6.45, 7) is 4.10. The zero-order valence-electron chi connectivity index (χ0n) is 9.96. The Morgan fingerprint density at radius 1 is 1.47 bits per heavy atom. The Morgan fingerprint density at radius 2 is 2.13 bits per heavy atom. The molecule has 3 atom stereocenters. The number of nitrogens with one attached hydrogen (secondary N) is 1. The van der Waals surface area contributed by atoms with Gasteiger partial charge in [-0.2, -0.15) is 0 Å². The Balaban J connectivity index is 2.35. The predicted octanol–water partition coefficient (Wildman–Crippen LogP) is 1.81. The normalized spacial score (nSPS) is 28.5. The van der Waals surface area contributed by atoms with Crippen LogP contribution in [0.2, 0.25) is 0 Å². The fourth-order valence-corrected chi connectivity index (χ4v) is 2.23. The van der Waals surface area contributed by atoms with Crippen LogP contribution in [-0.2, 0) is 4.79 Å². The van der Waals surface area contributed by atoms with E-state index in [-0.39, 0.29) is 23.9 Å². The molecular formula is C12H24N2O. The standard InChI is InChI=1S/C12H24N2O/c1-3-6-9(2)12(15)14-11-8-5-4-7-10(11)13/h9-11H,3-8,13H2,1-2H3,(H,14,15)/t9?,10-,11-/m1/s1. The second kappa shape index (κ2) is 6.11. The number of rotatable bonds is 4. The van der Waals surface area contributed by atoms with E-state index >= 15 is 0 Å². The van der Waals surface area contributed by atoms with Crippen molar-refractivity contribution in [1.29, 1.82) is 0 Å². The van der Waals surface area contributed by atoms with Gasteiger partial charge in [-0.15, -0.1) is 0 Å². The van der Waals surface area contributed by atoms with Crippen molar-refractivity contribution >= 4 is 5.91 Å². The summed E-state index contributed by atoms with van der Waals surface area (Å²) in [5.74, 6) is 0.309. The van der Waals surface area contributed by atoms with Gasteiger partial charge < -0.3 is 11.1 Å². The highest BCUT2D eigenvalue weighted by Crippen LogP contribution is 2.17. The summed E-state index contributed by atoms with van der Waals surface area (Å²) in [5, 5.41) is 3.09. The van der Waals surface area contributed by atoms with Gasteiger partial charge in [0.25, 0.3) is 0 Å². The lowest BCUT2D eigenvalue weighted by Crippen LogP contribution is -2.50. The SMILES string of the molecule is CCCC(C)C(=O)N[C@@H]1CCCC[C@H]1N. The van der Waals surface area contributed by atoms with Crippen LogP contribution in [0.4, 0.5) is 0 Å². The van der Waals surface area contributed by atoms with E-state index in [1.54, 1.807) is 0 Å². The molecule has 1 rings (SSSR count). The minimum absolute atomic E-state index is 0.129. The lowest BCUT2D eigenvalue weighted by molar-refractivity contribution is -0.125. The molecule has 3 heteroatoms. The lowest BCUT2D eigenvalue weighted by atomic mass is 9.90. The number of carbonyl (C=O) groups excluding carboxylic acids is 1. The van der Waals surface area contributed by atoms with E-state index in [0.717, 1.165) is 25.7 Å². The first-order valence-corrected chi connectivity index (χ1v) is 6.21. The molecule has 0 radical (unpaired) electrons. The van der Waals surface area contributed by atoms with E-state index in [4.69, 9.17) is 5.73 Å². The average Bonchev–Trinajstić information content (AvgIpc) is 2.21. The van der Waals surface area contributed by atoms with Crippen LogP contribution in [0.1, 0.15) is 52.4 Å². The van der Waals surface area contributed by atoms with Gasteiger partial charge in [-0.3, -0.25) is 4.79 Å². The topological polar surface area (TPSA) is 55.1 Å². The van der Waals surface area contributed by atoms with Crippen LogP contribution in [0.3, 0.4) is 0 Å². The van der Waals surface area contributed by atoms with Crippen LogP contribution >= 0.6 is 0 Å². The van der Waals surface area contributed by atoms with Crippen molar-refractivity contribution < 1.29 is 4.79 Å². The monoisotopic (exact) mass is 212 g/mol. The minimum atomic E-state index is 0.129. The van der Waals surface area contributed by atoms with Crippen molar-refractivity contribution in [2.75, 3.05) is 0 Å². The smallest absolute Gasteiger partial charge is 0.223 e. The van der Waals surface area contributed by atoms with Gasteiger partial charge in [0, 0.05) is 18.0 Å². The zero-order valence-corrected chi connectivity index (χ0v) is 9.96. The summed E-state index contributed by atoms with van der Waals surface area (Å²) < 4.78 is 0. The largest absolute Gasteiger partial charge is 0.352 e. The molecule has 0 heterocycles. The Kier molecular flexibility index (Phi) is 5.09. The quantitative estimate of drug-likeness (QED) is 0.746. The summed E-state index contributed by atoms with van der Waals surface area (Å²) in [7, 11) is 0. The number of hydrogen-bond donors (Lipinski definition) is 2. The van der Waals surface area contributed by atoms with Crippen molar-refractivity contribution in [3.8, 4) is 0 Å². The van der Waals surface area contributed by atoms with Gasteiger partial charge in [0.15, 0.2) is 0 Å². The molecule has 3 nitrogen and oxygen atoms in total. The third-order valence-corrected chi connectivity index (χ3v) is 3.32. The molecule has 15 heavy (non-hydrogen) atoms. The van der Waals surface area contributed by atoms with Crippen LogP contribution in [-0.4, -0.2) is 18.0 Å². The molecular weight excluding hydrogens is 188 g/mol. The third kappa shape index (κ3) is 3.82. The van der Waals surface area contributed by atoms with Gasteiger partial charge in [-0.05, 0) is 19.3 Å². The van der Waals surface area contributed by atoms with E-state index in [2.05, 4.69) is 12.2 Å². The molecule has 0 aromatic heterocycles. The fourth-order valence-electron chi connectivity index (χ4n) is 2.23. The second-order valence-corrected chi connectivity index (χ2v) is 4.75. The van der Waals surface area contributed by atoms with E-state index < -0.39 is 0 Å². The van der Waals surface area contributed by atoms with Crippen molar-refractivity contribution in [2.24, 2.45) is 11.7 Å². The molecule has 1 aliphatic rings. The second-order valence-electron chi connectivity index (χ2n) is 4.75. The van der Waals surface area contributed by atoms with Crippen LogP contribution in [0, 0.1) is 5.92 Å². The maximum atomic E-state index is 11.8. The van der Waals surface area contributed by atoms with Crippen molar-refractivity contribution in [1.82, 2.24) is 5.32 Å². The van der Waals surface area contributed by atoms with Crippen molar-refractivity contribution in [3.63, 3.8) is 0 Å². The van der Waals surface area contributed by atoms with Crippen LogP contribution in [0.25, 0.3) is 0 Å². The first-order chi connectivity index (χ1) is 7.15. The zero-order chi connectivity index (χ0) is 11.3. The van der Waals surface area contributed by atoms with E-state index in [1.165, 1.54) is 12.8 Å². The lowest BCUT2D eigenvalue weighted by Gasteiger charge is -2.30. The maximum Gasteiger partial charge on any atom is 0.223 e. The van der Waals surface area contributed by atoms with Gasteiger partial charge in [0.2, 0.25) is 5.91 Å². The molecule has 1 saturated carbocycles. The predicted molar refractivity (Wildman–Crippen MR) is 62.4 cm³/mol. The highest BCUT2D eigenvalue weighted by molar-refractivity contribution is 5.78. The Labute approximate surface area is 92.8 Å². The molecule has 0 spiro atoms. The summed E-state index contributed by atoms with van der Waals surface area (Å²) in [6, 6.07) is 0.377. The Bertz CT molecular complexity index is 206. The molecule has 1 aliphatic carbocycles. The van der Waals surface area contributed by atoms with Gasteiger partial charge >= 0.3 is 0 Å². The molecule has 0 aromatic rings. The highest BCUT2D eigenvalue weighted by Gasteiger charge is 2.24. The molecule has 88 valence electrons. The molecule has 1 amide bonds. The summed E-state index contributed by atoms with van der Waals surface area (Å²) in [4.78, 5) is 11.8. The summed E-state index contributed by atoms with van der Waals surface area (Å²) in [6.07, 6.45) is 6.52. The number of carbonyl (C=O) groups is 1. The molecule has 0 bridgehead atoms. The Morgan fingerprint density at radius 3 is 2.73 bits per heavy atom. The molecule has 3 N–H and O–H groups in total. The molecule has 0 saturated heterocycles. The van der Waals surface area contributed by atoms with Crippen LogP contribution in [0.5, 0.6) is 0 Å². The maximum absolute atomic E-state index is 11.8. The van der Waals surface area contributed by atoms with Crippen LogP contribution < -0.4 is 11.1 Å². The van der Waals surface area contributed by atoms with Gasteiger partial charge in [0.05, 0.1) is 0 Å². The Hall–Kier alpha value is -0.570. The van der Waals surface area contributed by atoms with E-state index in [1.807, 2.05) is 6.92 Å². The number of nitrogens with two attached hydrogens (primary N) is 1. The fraction of sp³-hybridized carbons (Fsp3) is 0.917. The van der Waals surface area contributed by atoms with Gasteiger partial charge in [-0.25, -0.2) is 0 Å². The molecule has 1 unspecified atom stereocenters. The van der Waals surface area contributed by atoms with Gasteiger partial charge in [0.1, 0.15) is 0 Å². The van der Waals surface area contributed by atoms with Crippen LogP contribution in [0.15, 0.2) is 0 Å². The molecule has 0 aliphatic heterocycles. The highest BCUT2D eigenvalue weighted by atomic mass is 16.1. The summed E-state index contributed by atoms with van der Waals surface area (Å²) in [5.41, 5.74) is 5.99. The summed E-state index contributed by atoms with van der Waals surface area (Å²) >= 11 is 0. The van der Waals surface area contributed by atoms with E-state index in [9.17, 15) is 4.79 Å².